The Morgan fingerprint density at radius 2 is 2.07 bits per heavy atom. The van der Waals surface area contributed by atoms with Gasteiger partial charge in [0.2, 0.25) is 0 Å². The van der Waals surface area contributed by atoms with Gasteiger partial charge in [0.15, 0.2) is 0 Å². The van der Waals surface area contributed by atoms with Crippen molar-refractivity contribution in [3.8, 4) is 11.4 Å². The first-order valence-corrected chi connectivity index (χ1v) is 4.87. The standard InChI is InChI=1S/C12H14N2O/c1-9-4-5-11(8-12(9)15-3)14-7-6-13-10(14)2/h4-8H,1-3H3. The van der Waals surface area contributed by atoms with Crippen LogP contribution in [0.1, 0.15) is 11.4 Å². The van der Waals surface area contributed by atoms with E-state index < -0.39 is 0 Å². The molecule has 0 saturated carbocycles. The van der Waals surface area contributed by atoms with Crippen LogP contribution in [0.5, 0.6) is 5.75 Å². The van der Waals surface area contributed by atoms with E-state index in [-0.39, 0.29) is 0 Å². The molecule has 78 valence electrons. The van der Waals surface area contributed by atoms with Crippen LogP contribution in [0.3, 0.4) is 0 Å². The predicted octanol–water partition coefficient (Wildman–Crippen LogP) is 2.50. The Bertz CT molecular complexity index is 474. The van der Waals surface area contributed by atoms with Gasteiger partial charge in [-0.25, -0.2) is 4.98 Å². The van der Waals surface area contributed by atoms with E-state index in [9.17, 15) is 0 Å². The highest BCUT2D eigenvalue weighted by molar-refractivity contribution is 5.44. The summed E-state index contributed by atoms with van der Waals surface area (Å²) in [5.41, 5.74) is 2.21. The molecule has 15 heavy (non-hydrogen) atoms. The van der Waals surface area contributed by atoms with Crippen LogP contribution in [0.4, 0.5) is 0 Å². The summed E-state index contributed by atoms with van der Waals surface area (Å²) in [5.74, 6) is 1.88. The van der Waals surface area contributed by atoms with Gasteiger partial charge in [-0.3, -0.25) is 0 Å². The molecular formula is C12H14N2O. The summed E-state index contributed by atoms with van der Waals surface area (Å²) in [4.78, 5) is 4.19. The summed E-state index contributed by atoms with van der Waals surface area (Å²) in [5, 5.41) is 0. The van der Waals surface area contributed by atoms with Crippen LogP contribution in [-0.4, -0.2) is 16.7 Å². The average Bonchev–Trinajstić information content (AvgIpc) is 2.65. The monoisotopic (exact) mass is 202 g/mol. The molecule has 0 bridgehead atoms. The molecule has 1 aromatic carbocycles. The first-order valence-electron chi connectivity index (χ1n) is 4.87. The number of rotatable bonds is 2. The molecule has 1 aromatic heterocycles. The Hall–Kier alpha value is -1.77. The van der Waals surface area contributed by atoms with Gasteiger partial charge in [-0.15, -0.1) is 0 Å². The quantitative estimate of drug-likeness (QED) is 0.748. The molecule has 0 unspecified atom stereocenters. The smallest absolute Gasteiger partial charge is 0.123 e. The van der Waals surface area contributed by atoms with Crippen molar-refractivity contribution in [2.75, 3.05) is 7.11 Å². The lowest BCUT2D eigenvalue weighted by molar-refractivity contribution is 0.411. The maximum atomic E-state index is 5.29. The maximum absolute atomic E-state index is 5.29. The summed E-state index contributed by atoms with van der Waals surface area (Å²) in [6.45, 7) is 4.01. The van der Waals surface area contributed by atoms with E-state index in [2.05, 4.69) is 11.1 Å². The van der Waals surface area contributed by atoms with Gasteiger partial charge in [-0.2, -0.15) is 0 Å². The zero-order chi connectivity index (χ0) is 10.8. The lowest BCUT2D eigenvalue weighted by Gasteiger charge is -2.09. The number of ether oxygens (including phenoxy) is 1. The number of aryl methyl sites for hydroxylation is 2. The summed E-state index contributed by atoms with van der Waals surface area (Å²) in [7, 11) is 1.69. The zero-order valence-electron chi connectivity index (χ0n) is 9.19. The van der Waals surface area contributed by atoms with E-state index in [1.165, 1.54) is 0 Å². The Morgan fingerprint density at radius 1 is 1.27 bits per heavy atom. The van der Waals surface area contributed by atoms with E-state index in [1.807, 2.05) is 36.7 Å². The highest BCUT2D eigenvalue weighted by Crippen LogP contribution is 2.21. The van der Waals surface area contributed by atoms with Crippen LogP contribution in [0.2, 0.25) is 0 Å². The van der Waals surface area contributed by atoms with Crippen LogP contribution in [0.25, 0.3) is 5.69 Å². The van der Waals surface area contributed by atoms with E-state index in [4.69, 9.17) is 4.74 Å². The minimum atomic E-state index is 0.903. The molecule has 0 atom stereocenters. The van der Waals surface area contributed by atoms with Gasteiger partial charge in [-0.1, -0.05) is 6.07 Å². The topological polar surface area (TPSA) is 27.1 Å². The second kappa shape index (κ2) is 3.77. The fourth-order valence-electron chi connectivity index (χ4n) is 1.61. The van der Waals surface area contributed by atoms with E-state index in [0.717, 1.165) is 22.8 Å². The first kappa shape index (κ1) is 9.77. The van der Waals surface area contributed by atoms with Crippen molar-refractivity contribution in [2.24, 2.45) is 0 Å². The van der Waals surface area contributed by atoms with Crippen molar-refractivity contribution >= 4 is 0 Å². The molecule has 3 heteroatoms. The first-order chi connectivity index (χ1) is 7.22. The van der Waals surface area contributed by atoms with Crippen LogP contribution in [0.15, 0.2) is 30.6 Å². The molecule has 3 nitrogen and oxygen atoms in total. The van der Waals surface area contributed by atoms with Gasteiger partial charge >= 0.3 is 0 Å². The van der Waals surface area contributed by atoms with E-state index >= 15 is 0 Å². The van der Waals surface area contributed by atoms with Gasteiger partial charge in [0.05, 0.1) is 12.8 Å². The molecule has 1 heterocycles. The fraction of sp³-hybridized carbons (Fsp3) is 0.250. The molecule has 2 aromatic rings. The molecule has 0 N–H and O–H groups in total. The summed E-state index contributed by atoms with van der Waals surface area (Å²) in [6, 6.07) is 6.13. The van der Waals surface area contributed by atoms with Crippen molar-refractivity contribution in [3.63, 3.8) is 0 Å². The SMILES string of the molecule is COc1cc(-n2ccnc2C)ccc1C. The van der Waals surface area contributed by atoms with Crippen molar-refractivity contribution < 1.29 is 4.74 Å². The second-order valence-electron chi connectivity index (χ2n) is 3.50. The molecular weight excluding hydrogens is 188 g/mol. The number of imidazole rings is 1. The Kier molecular flexibility index (Phi) is 2.46. The number of nitrogens with zero attached hydrogens (tertiary/aromatic N) is 2. The van der Waals surface area contributed by atoms with Gasteiger partial charge in [0.25, 0.3) is 0 Å². The maximum Gasteiger partial charge on any atom is 0.123 e. The Morgan fingerprint density at radius 3 is 2.67 bits per heavy atom. The highest BCUT2D eigenvalue weighted by atomic mass is 16.5. The van der Waals surface area contributed by atoms with Gasteiger partial charge in [-0.05, 0) is 25.5 Å². The van der Waals surface area contributed by atoms with Crippen LogP contribution < -0.4 is 4.74 Å². The predicted molar refractivity (Wildman–Crippen MR) is 59.6 cm³/mol. The van der Waals surface area contributed by atoms with Crippen molar-refractivity contribution in [3.05, 3.63) is 42.0 Å². The third-order valence-electron chi connectivity index (χ3n) is 2.50. The van der Waals surface area contributed by atoms with Crippen molar-refractivity contribution in [2.45, 2.75) is 13.8 Å². The number of aromatic nitrogens is 2. The lowest BCUT2D eigenvalue weighted by Crippen LogP contribution is -1.97. The second-order valence-corrected chi connectivity index (χ2v) is 3.50. The number of hydrogen-bond acceptors (Lipinski definition) is 2. The molecule has 0 fully saturated rings. The molecule has 0 amide bonds. The highest BCUT2D eigenvalue weighted by Gasteiger charge is 2.03. The number of hydrogen-bond donors (Lipinski definition) is 0. The Balaban J connectivity index is 2.51. The third-order valence-corrected chi connectivity index (χ3v) is 2.50. The molecule has 0 aliphatic carbocycles. The van der Waals surface area contributed by atoms with Crippen molar-refractivity contribution in [1.82, 2.24) is 9.55 Å². The van der Waals surface area contributed by atoms with Gasteiger partial charge in [0.1, 0.15) is 11.6 Å². The van der Waals surface area contributed by atoms with Crippen LogP contribution >= 0.6 is 0 Å². The fourth-order valence-corrected chi connectivity index (χ4v) is 1.61. The molecule has 0 radical (unpaired) electrons. The van der Waals surface area contributed by atoms with Crippen molar-refractivity contribution in [1.29, 1.82) is 0 Å². The van der Waals surface area contributed by atoms with Crippen LogP contribution in [0, 0.1) is 13.8 Å². The zero-order valence-corrected chi connectivity index (χ0v) is 9.19. The largest absolute Gasteiger partial charge is 0.496 e. The summed E-state index contributed by atoms with van der Waals surface area (Å²) >= 11 is 0. The lowest BCUT2D eigenvalue weighted by atomic mass is 10.2. The van der Waals surface area contributed by atoms with Gasteiger partial charge < -0.3 is 9.30 Å². The molecule has 0 spiro atoms. The molecule has 0 aliphatic heterocycles. The third kappa shape index (κ3) is 1.73. The summed E-state index contributed by atoms with van der Waals surface area (Å²) < 4.78 is 7.32. The van der Waals surface area contributed by atoms with E-state index in [1.54, 1.807) is 13.3 Å². The molecule has 0 saturated heterocycles. The molecule has 2 rings (SSSR count). The molecule has 0 aliphatic rings. The number of benzene rings is 1. The average molecular weight is 202 g/mol. The normalized spacial score (nSPS) is 10.3. The Labute approximate surface area is 89.3 Å². The van der Waals surface area contributed by atoms with Crippen LogP contribution in [-0.2, 0) is 0 Å². The van der Waals surface area contributed by atoms with Gasteiger partial charge in [0, 0.05) is 18.5 Å². The van der Waals surface area contributed by atoms with E-state index in [0.29, 0.717) is 0 Å². The summed E-state index contributed by atoms with van der Waals surface area (Å²) in [6.07, 6.45) is 3.74. The minimum absolute atomic E-state index is 0.903. The minimum Gasteiger partial charge on any atom is -0.496 e. The number of methoxy groups -OCH3 is 1.